The first-order chi connectivity index (χ1) is 9.47. The summed E-state index contributed by atoms with van der Waals surface area (Å²) in [5.74, 6) is -3.08. The van der Waals surface area contributed by atoms with Crippen molar-refractivity contribution in [1.29, 1.82) is 0 Å². The Morgan fingerprint density at radius 2 is 1.71 bits per heavy atom. The average Bonchev–Trinajstić information content (AvgIpc) is 2.49. The molecule has 1 unspecified atom stereocenters. The molecule has 1 rings (SSSR count). The maximum atomic E-state index is 11.5. The van der Waals surface area contributed by atoms with Gasteiger partial charge in [-0.3, -0.25) is 14.9 Å². The van der Waals surface area contributed by atoms with Gasteiger partial charge in [-0.15, -0.1) is 0 Å². The standard InChI is InChI=1S/C8H15N3O2.C4H4O4/c1-5-7(13)11(4-6(9)12)8(2,3)10-5;5-3(6)1-2-4(7)8/h5,10H,4H2,1-3H3,(H2,9,12);1-2H,(H,5,6)(H,7,8). The number of hydrogen-bond acceptors (Lipinski definition) is 5. The second-order valence-electron chi connectivity index (χ2n) is 4.83. The van der Waals surface area contributed by atoms with Gasteiger partial charge in [0.2, 0.25) is 11.8 Å². The van der Waals surface area contributed by atoms with Crippen molar-refractivity contribution in [2.24, 2.45) is 5.73 Å². The maximum absolute atomic E-state index is 11.5. The molecule has 0 spiro atoms. The number of aliphatic carboxylic acids is 2. The van der Waals surface area contributed by atoms with E-state index in [2.05, 4.69) is 5.32 Å². The van der Waals surface area contributed by atoms with Crippen LogP contribution in [0.4, 0.5) is 0 Å². The summed E-state index contributed by atoms with van der Waals surface area (Å²) in [6, 6.07) is -0.241. The fraction of sp³-hybridized carbons (Fsp3) is 0.500. The van der Waals surface area contributed by atoms with Crippen LogP contribution in [0, 0.1) is 0 Å². The first kappa shape index (κ1) is 18.6. The van der Waals surface area contributed by atoms with Crippen molar-refractivity contribution in [2.45, 2.75) is 32.5 Å². The highest BCUT2D eigenvalue weighted by Crippen LogP contribution is 2.19. The molecule has 0 aromatic carbocycles. The number of carboxylic acid groups (broad SMARTS) is 2. The van der Waals surface area contributed by atoms with E-state index in [0.29, 0.717) is 12.2 Å². The minimum absolute atomic E-state index is 0.0246. The third kappa shape index (κ3) is 6.52. The predicted molar refractivity (Wildman–Crippen MR) is 72.0 cm³/mol. The number of carboxylic acids is 2. The van der Waals surface area contributed by atoms with Gasteiger partial charge in [-0.05, 0) is 20.8 Å². The summed E-state index contributed by atoms with van der Waals surface area (Å²) in [7, 11) is 0. The molecule has 0 aromatic rings. The van der Waals surface area contributed by atoms with Gasteiger partial charge in [0.1, 0.15) is 6.54 Å². The number of nitrogens with two attached hydrogens (primary N) is 1. The van der Waals surface area contributed by atoms with E-state index in [0.717, 1.165) is 0 Å². The molecule has 0 aliphatic carbocycles. The zero-order chi connectivity index (χ0) is 16.8. The van der Waals surface area contributed by atoms with Crippen LogP contribution in [0.25, 0.3) is 0 Å². The molecule has 1 fully saturated rings. The fourth-order valence-corrected chi connectivity index (χ4v) is 1.75. The number of carbonyl (C=O) groups excluding carboxylic acids is 2. The molecule has 0 saturated carbocycles. The maximum Gasteiger partial charge on any atom is 0.328 e. The van der Waals surface area contributed by atoms with E-state index >= 15 is 0 Å². The van der Waals surface area contributed by atoms with Crippen molar-refractivity contribution in [3.05, 3.63) is 12.2 Å². The largest absolute Gasteiger partial charge is 0.478 e. The van der Waals surface area contributed by atoms with Crippen molar-refractivity contribution in [1.82, 2.24) is 10.2 Å². The van der Waals surface area contributed by atoms with E-state index in [4.69, 9.17) is 15.9 Å². The first-order valence-electron chi connectivity index (χ1n) is 5.98. The SMILES string of the molecule is CC1NC(C)(C)N(CC(N)=O)C1=O.O=C(O)C=CC(=O)O. The normalized spacial score (nSPS) is 20.0. The Kier molecular flexibility index (Phi) is 6.53. The number of hydrogen-bond donors (Lipinski definition) is 4. The summed E-state index contributed by atoms with van der Waals surface area (Å²) < 4.78 is 0. The molecule has 2 amide bonds. The van der Waals surface area contributed by atoms with Crippen LogP contribution in [-0.4, -0.2) is 57.1 Å². The minimum Gasteiger partial charge on any atom is -0.478 e. The Morgan fingerprint density at radius 3 is 1.95 bits per heavy atom. The van der Waals surface area contributed by atoms with Crippen molar-refractivity contribution < 1.29 is 29.4 Å². The van der Waals surface area contributed by atoms with Gasteiger partial charge >= 0.3 is 11.9 Å². The zero-order valence-electron chi connectivity index (χ0n) is 12.0. The number of carbonyl (C=O) groups is 4. The van der Waals surface area contributed by atoms with Crippen LogP contribution < -0.4 is 11.1 Å². The van der Waals surface area contributed by atoms with E-state index in [1.807, 2.05) is 13.8 Å². The van der Waals surface area contributed by atoms with Crippen LogP contribution in [0.1, 0.15) is 20.8 Å². The number of amides is 2. The van der Waals surface area contributed by atoms with Gasteiger partial charge < -0.3 is 20.8 Å². The highest BCUT2D eigenvalue weighted by molar-refractivity contribution is 5.90. The Labute approximate surface area is 121 Å². The average molecular weight is 301 g/mol. The summed E-state index contributed by atoms with van der Waals surface area (Å²) >= 11 is 0. The van der Waals surface area contributed by atoms with E-state index in [9.17, 15) is 19.2 Å². The monoisotopic (exact) mass is 301 g/mol. The van der Waals surface area contributed by atoms with Crippen LogP contribution in [0.15, 0.2) is 12.2 Å². The van der Waals surface area contributed by atoms with Crippen LogP contribution in [0.2, 0.25) is 0 Å². The molecule has 0 aromatic heterocycles. The summed E-state index contributed by atoms with van der Waals surface area (Å²) in [5.41, 5.74) is 4.56. The predicted octanol–water partition coefficient (Wildman–Crippen LogP) is -1.26. The highest BCUT2D eigenvalue weighted by Gasteiger charge is 2.42. The lowest BCUT2D eigenvalue weighted by molar-refractivity contribution is -0.135. The molecule has 9 nitrogen and oxygen atoms in total. The molecule has 1 atom stereocenters. The summed E-state index contributed by atoms with van der Waals surface area (Å²) in [5, 5.41) is 18.7. The quantitative estimate of drug-likeness (QED) is 0.473. The third-order valence-corrected chi connectivity index (χ3v) is 2.56. The lowest BCUT2D eigenvalue weighted by Gasteiger charge is -2.29. The van der Waals surface area contributed by atoms with Gasteiger partial charge in [-0.2, -0.15) is 0 Å². The van der Waals surface area contributed by atoms with E-state index in [1.165, 1.54) is 4.90 Å². The second kappa shape index (κ2) is 7.39. The Morgan fingerprint density at radius 1 is 1.29 bits per heavy atom. The van der Waals surface area contributed by atoms with E-state index in [1.54, 1.807) is 6.92 Å². The zero-order valence-corrected chi connectivity index (χ0v) is 12.0. The van der Waals surface area contributed by atoms with Gasteiger partial charge in [0.25, 0.3) is 0 Å². The minimum atomic E-state index is -1.26. The Hall–Kier alpha value is -2.42. The number of rotatable bonds is 4. The molecule has 1 saturated heterocycles. The summed E-state index contributed by atoms with van der Waals surface area (Å²) in [6.07, 6.45) is 1.12. The van der Waals surface area contributed by atoms with Crippen LogP contribution in [-0.2, 0) is 19.2 Å². The smallest absolute Gasteiger partial charge is 0.328 e. The number of primary amides is 1. The molecular weight excluding hydrogens is 282 g/mol. The third-order valence-electron chi connectivity index (χ3n) is 2.56. The lowest BCUT2D eigenvalue weighted by Crippen LogP contribution is -2.50. The van der Waals surface area contributed by atoms with Gasteiger partial charge in [0, 0.05) is 12.2 Å². The van der Waals surface area contributed by atoms with Crippen LogP contribution in [0.3, 0.4) is 0 Å². The molecule has 21 heavy (non-hydrogen) atoms. The topological polar surface area (TPSA) is 150 Å². The van der Waals surface area contributed by atoms with Crippen molar-refractivity contribution in [2.75, 3.05) is 6.54 Å². The summed E-state index contributed by atoms with van der Waals surface area (Å²) in [4.78, 5) is 42.8. The number of nitrogens with zero attached hydrogens (tertiary/aromatic N) is 1. The molecule has 1 heterocycles. The lowest BCUT2D eigenvalue weighted by atomic mass is 10.2. The van der Waals surface area contributed by atoms with Gasteiger partial charge in [-0.1, -0.05) is 0 Å². The molecular formula is C12H19N3O6. The van der Waals surface area contributed by atoms with Crippen molar-refractivity contribution in [3.63, 3.8) is 0 Å². The first-order valence-corrected chi connectivity index (χ1v) is 5.98. The Bertz CT molecular complexity index is 456. The van der Waals surface area contributed by atoms with Crippen LogP contribution in [0.5, 0.6) is 0 Å². The molecule has 0 bridgehead atoms. The molecule has 0 radical (unpaired) electrons. The van der Waals surface area contributed by atoms with Crippen molar-refractivity contribution >= 4 is 23.8 Å². The van der Waals surface area contributed by atoms with Gasteiger partial charge in [-0.25, -0.2) is 9.59 Å². The second-order valence-corrected chi connectivity index (χ2v) is 4.83. The fourth-order valence-electron chi connectivity index (χ4n) is 1.75. The van der Waals surface area contributed by atoms with Crippen molar-refractivity contribution in [3.8, 4) is 0 Å². The molecule has 118 valence electrons. The number of nitrogens with one attached hydrogen (secondary N) is 1. The molecule has 9 heteroatoms. The summed E-state index contributed by atoms with van der Waals surface area (Å²) in [6.45, 7) is 5.43. The van der Waals surface area contributed by atoms with Gasteiger partial charge in [0.05, 0.1) is 11.7 Å². The van der Waals surface area contributed by atoms with Crippen LogP contribution >= 0.6 is 0 Å². The molecule has 5 N–H and O–H groups in total. The van der Waals surface area contributed by atoms with E-state index < -0.39 is 23.5 Å². The Balaban J connectivity index is 0.000000433. The highest BCUT2D eigenvalue weighted by atomic mass is 16.4. The molecule has 1 aliphatic rings. The van der Waals surface area contributed by atoms with E-state index in [-0.39, 0.29) is 18.5 Å². The van der Waals surface area contributed by atoms with Gasteiger partial charge in [0.15, 0.2) is 0 Å². The molecule has 1 aliphatic heterocycles.